The van der Waals surface area contributed by atoms with Crippen LogP contribution in [0.5, 0.6) is 5.75 Å². The Morgan fingerprint density at radius 1 is 1.53 bits per heavy atom. The summed E-state index contributed by atoms with van der Waals surface area (Å²) in [6, 6.07) is 1.45. The molecule has 0 aromatic carbocycles. The average Bonchev–Trinajstić information content (AvgIpc) is 2.17. The van der Waals surface area contributed by atoms with Gasteiger partial charge in [-0.2, -0.15) is 5.10 Å². The van der Waals surface area contributed by atoms with E-state index in [1.807, 2.05) is 0 Å². The van der Waals surface area contributed by atoms with E-state index in [9.17, 15) is 4.79 Å². The van der Waals surface area contributed by atoms with E-state index in [-0.39, 0.29) is 11.7 Å². The highest BCUT2D eigenvalue weighted by Crippen LogP contribution is 2.26. The zero-order valence-electron chi connectivity index (χ0n) is 8.90. The topological polar surface area (TPSA) is 55.0 Å². The minimum absolute atomic E-state index is 0.212. The third-order valence-electron chi connectivity index (χ3n) is 2.83. The summed E-state index contributed by atoms with van der Waals surface area (Å²) in [6.45, 7) is 2.24. The van der Waals surface area contributed by atoms with Crippen LogP contribution in [0, 0.1) is 5.92 Å². The van der Waals surface area contributed by atoms with E-state index < -0.39 is 0 Å². The van der Waals surface area contributed by atoms with Gasteiger partial charge in [0, 0.05) is 6.07 Å². The first kappa shape index (κ1) is 10.2. The van der Waals surface area contributed by atoms with E-state index in [4.69, 9.17) is 4.74 Å². The Kier molecular flexibility index (Phi) is 3.04. The molecule has 82 valence electrons. The Bertz CT molecular complexity index is 375. The van der Waals surface area contributed by atoms with Crippen molar-refractivity contribution < 1.29 is 4.74 Å². The molecule has 4 nitrogen and oxygen atoms in total. The molecule has 2 unspecified atom stereocenters. The van der Waals surface area contributed by atoms with Crippen molar-refractivity contribution in [3.05, 3.63) is 22.6 Å². The Hall–Kier alpha value is -1.32. The maximum absolute atomic E-state index is 11.0. The molecular weight excluding hydrogens is 192 g/mol. The molecule has 1 aromatic rings. The molecule has 1 aliphatic carbocycles. The molecule has 0 saturated heterocycles. The lowest BCUT2D eigenvalue weighted by atomic mass is 9.89. The summed E-state index contributed by atoms with van der Waals surface area (Å²) in [7, 11) is 0. The second kappa shape index (κ2) is 4.47. The van der Waals surface area contributed by atoms with Crippen LogP contribution in [0.15, 0.2) is 17.1 Å². The van der Waals surface area contributed by atoms with E-state index in [0.29, 0.717) is 5.75 Å². The lowest BCUT2D eigenvalue weighted by Crippen LogP contribution is -2.24. The van der Waals surface area contributed by atoms with Gasteiger partial charge in [-0.15, -0.1) is 0 Å². The molecule has 0 spiro atoms. The number of ether oxygens (including phenoxy) is 1. The number of nitrogens with zero attached hydrogens (tertiary/aromatic N) is 1. The molecule has 1 aromatic heterocycles. The van der Waals surface area contributed by atoms with Gasteiger partial charge in [0.05, 0.1) is 12.3 Å². The Labute approximate surface area is 88.7 Å². The summed E-state index contributed by atoms with van der Waals surface area (Å²) < 4.78 is 5.72. The van der Waals surface area contributed by atoms with Gasteiger partial charge in [0.2, 0.25) is 0 Å². The van der Waals surface area contributed by atoms with Crippen LogP contribution in [0.25, 0.3) is 0 Å². The van der Waals surface area contributed by atoms with Crippen LogP contribution in [-0.2, 0) is 0 Å². The van der Waals surface area contributed by atoms with E-state index >= 15 is 0 Å². The molecule has 2 rings (SSSR count). The standard InChI is InChI=1S/C11H16N2O2/c1-8-3-2-4-9(5-8)15-10-6-11(14)13-12-7-10/h6-9H,2-5H2,1H3,(H,13,14). The molecule has 1 aliphatic rings. The highest BCUT2D eigenvalue weighted by molar-refractivity contribution is 5.13. The SMILES string of the molecule is CC1CCCC(Oc2cn[nH]c(=O)c2)C1. The summed E-state index contributed by atoms with van der Waals surface area (Å²) in [4.78, 5) is 11.0. The predicted octanol–water partition coefficient (Wildman–Crippen LogP) is 1.73. The summed E-state index contributed by atoms with van der Waals surface area (Å²) in [5, 5.41) is 6.04. The fourth-order valence-corrected chi connectivity index (χ4v) is 2.10. The molecule has 0 radical (unpaired) electrons. The zero-order chi connectivity index (χ0) is 10.7. The zero-order valence-corrected chi connectivity index (χ0v) is 8.90. The molecular formula is C11H16N2O2. The average molecular weight is 208 g/mol. The van der Waals surface area contributed by atoms with Crippen LogP contribution in [-0.4, -0.2) is 16.3 Å². The highest BCUT2D eigenvalue weighted by atomic mass is 16.5. The quantitative estimate of drug-likeness (QED) is 0.805. The molecule has 1 N–H and O–H groups in total. The fraction of sp³-hybridized carbons (Fsp3) is 0.636. The third-order valence-corrected chi connectivity index (χ3v) is 2.83. The van der Waals surface area contributed by atoms with Crippen molar-refractivity contribution in [1.29, 1.82) is 0 Å². The van der Waals surface area contributed by atoms with Crippen molar-refractivity contribution in [2.75, 3.05) is 0 Å². The summed E-state index contributed by atoms with van der Waals surface area (Å²) in [5.41, 5.74) is -0.212. The number of H-pyrrole nitrogens is 1. The maximum atomic E-state index is 11.0. The summed E-state index contributed by atoms with van der Waals surface area (Å²) in [5.74, 6) is 1.30. The molecule has 2 atom stereocenters. The number of nitrogens with one attached hydrogen (secondary N) is 1. The molecule has 1 saturated carbocycles. The van der Waals surface area contributed by atoms with Crippen molar-refractivity contribution >= 4 is 0 Å². The van der Waals surface area contributed by atoms with Crippen molar-refractivity contribution in [2.45, 2.75) is 38.7 Å². The first-order valence-corrected chi connectivity index (χ1v) is 5.45. The molecule has 1 heterocycles. The van der Waals surface area contributed by atoms with Crippen LogP contribution in [0.3, 0.4) is 0 Å². The Morgan fingerprint density at radius 2 is 2.40 bits per heavy atom. The minimum Gasteiger partial charge on any atom is -0.489 e. The predicted molar refractivity (Wildman–Crippen MR) is 56.9 cm³/mol. The van der Waals surface area contributed by atoms with Crippen molar-refractivity contribution in [2.24, 2.45) is 5.92 Å². The molecule has 0 aliphatic heterocycles. The second-order valence-corrected chi connectivity index (χ2v) is 4.29. The number of rotatable bonds is 2. The number of hydrogen-bond donors (Lipinski definition) is 1. The second-order valence-electron chi connectivity index (χ2n) is 4.29. The van der Waals surface area contributed by atoms with Crippen molar-refractivity contribution in [3.8, 4) is 5.75 Å². The van der Waals surface area contributed by atoms with Crippen molar-refractivity contribution in [1.82, 2.24) is 10.2 Å². The van der Waals surface area contributed by atoms with Gasteiger partial charge in [0.1, 0.15) is 5.75 Å². The van der Waals surface area contributed by atoms with E-state index in [1.54, 1.807) is 6.20 Å². The normalized spacial score (nSPS) is 26.2. The lowest BCUT2D eigenvalue weighted by molar-refractivity contribution is 0.128. The van der Waals surface area contributed by atoms with Crippen LogP contribution in [0.4, 0.5) is 0 Å². The van der Waals surface area contributed by atoms with Gasteiger partial charge >= 0.3 is 0 Å². The van der Waals surface area contributed by atoms with Crippen LogP contribution >= 0.6 is 0 Å². The summed E-state index contributed by atoms with van der Waals surface area (Å²) in [6.07, 6.45) is 6.46. The van der Waals surface area contributed by atoms with Gasteiger partial charge < -0.3 is 4.74 Å². The minimum atomic E-state index is -0.212. The third kappa shape index (κ3) is 2.81. The number of aromatic amines is 1. The Morgan fingerprint density at radius 3 is 3.13 bits per heavy atom. The van der Waals surface area contributed by atoms with Gasteiger partial charge in [-0.1, -0.05) is 13.3 Å². The van der Waals surface area contributed by atoms with E-state index in [1.165, 1.54) is 18.9 Å². The van der Waals surface area contributed by atoms with E-state index in [2.05, 4.69) is 17.1 Å². The van der Waals surface area contributed by atoms with Gasteiger partial charge in [0.15, 0.2) is 0 Å². The van der Waals surface area contributed by atoms with E-state index in [0.717, 1.165) is 18.8 Å². The molecule has 15 heavy (non-hydrogen) atoms. The van der Waals surface area contributed by atoms with Crippen molar-refractivity contribution in [3.63, 3.8) is 0 Å². The van der Waals surface area contributed by atoms with Gasteiger partial charge in [0.25, 0.3) is 5.56 Å². The maximum Gasteiger partial charge on any atom is 0.267 e. The highest BCUT2D eigenvalue weighted by Gasteiger charge is 2.20. The smallest absolute Gasteiger partial charge is 0.267 e. The van der Waals surface area contributed by atoms with Crippen LogP contribution in [0.1, 0.15) is 32.6 Å². The van der Waals surface area contributed by atoms with Crippen LogP contribution in [0.2, 0.25) is 0 Å². The monoisotopic (exact) mass is 208 g/mol. The van der Waals surface area contributed by atoms with Gasteiger partial charge in [-0.3, -0.25) is 4.79 Å². The fourth-order valence-electron chi connectivity index (χ4n) is 2.10. The Balaban J connectivity index is 1.99. The largest absolute Gasteiger partial charge is 0.489 e. The number of aromatic nitrogens is 2. The van der Waals surface area contributed by atoms with Gasteiger partial charge in [-0.05, 0) is 25.2 Å². The molecule has 0 amide bonds. The lowest BCUT2D eigenvalue weighted by Gasteiger charge is -2.27. The summed E-state index contributed by atoms with van der Waals surface area (Å²) >= 11 is 0. The van der Waals surface area contributed by atoms with Crippen LogP contribution < -0.4 is 10.3 Å². The van der Waals surface area contributed by atoms with Gasteiger partial charge in [-0.25, -0.2) is 5.10 Å². The molecule has 4 heteroatoms. The number of hydrogen-bond acceptors (Lipinski definition) is 3. The molecule has 1 fully saturated rings. The first-order valence-electron chi connectivity index (χ1n) is 5.45. The first-order chi connectivity index (χ1) is 7.24. The molecule has 0 bridgehead atoms.